The number of aromatic nitrogens is 2. The van der Waals surface area contributed by atoms with Crippen molar-refractivity contribution in [3.63, 3.8) is 0 Å². The maximum Gasteiger partial charge on any atom is 0.274 e. The molecule has 0 aliphatic carbocycles. The molecule has 1 aromatic heterocycles. The van der Waals surface area contributed by atoms with E-state index in [1.807, 2.05) is 30.3 Å². The van der Waals surface area contributed by atoms with Gasteiger partial charge in [0.15, 0.2) is 0 Å². The van der Waals surface area contributed by atoms with Crippen LogP contribution in [0.1, 0.15) is 39.5 Å². The predicted molar refractivity (Wildman–Crippen MR) is 124 cm³/mol. The summed E-state index contributed by atoms with van der Waals surface area (Å²) < 4.78 is 5.30. The molecule has 6 heteroatoms. The molecule has 6 nitrogen and oxygen atoms in total. The van der Waals surface area contributed by atoms with Crippen LogP contribution in [0, 0.1) is 6.92 Å². The van der Waals surface area contributed by atoms with E-state index < -0.39 is 0 Å². The lowest BCUT2D eigenvalue weighted by molar-refractivity contribution is 0.0711. The maximum absolute atomic E-state index is 13.6. The first kappa shape index (κ1) is 19.9. The highest BCUT2D eigenvalue weighted by molar-refractivity contribution is 6.05. The van der Waals surface area contributed by atoms with Crippen LogP contribution in [0.5, 0.6) is 5.75 Å². The lowest BCUT2D eigenvalue weighted by Gasteiger charge is -2.22. The van der Waals surface area contributed by atoms with Crippen LogP contribution in [0.2, 0.25) is 0 Å². The molecule has 0 radical (unpaired) electrons. The van der Waals surface area contributed by atoms with Crippen molar-refractivity contribution >= 4 is 22.7 Å². The third kappa shape index (κ3) is 3.71. The molecule has 1 aliphatic rings. The fourth-order valence-corrected chi connectivity index (χ4v) is 3.93. The topological polar surface area (TPSA) is 67.7 Å². The zero-order chi connectivity index (χ0) is 22.1. The summed E-state index contributed by atoms with van der Waals surface area (Å²) in [5.74, 6) is 0.609. The lowest BCUT2D eigenvalue weighted by Crippen LogP contribution is -2.27. The van der Waals surface area contributed by atoms with E-state index in [1.165, 1.54) is 5.56 Å². The van der Waals surface area contributed by atoms with Crippen LogP contribution in [0.15, 0.2) is 84.2 Å². The summed E-state index contributed by atoms with van der Waals surface area (Å²) in [5, 5.41) is 6.37. The van der Waals surface area contributed by atoms with Gasteiger partial charge in [-0.2, -0.15) is 5.10 Å². The van der Waals surface area contributed by atoms with Gasteiger partial charge in [0.1, 0.15) is 5.75 Å². The van der Waals surface area contributed by atoms with Crippen molar-refractivity contribution in [2.75, 3.05) is 7.11 Å². The van der Waals surface area contributed by atoms with E-state index in [2.05, 4.69) is 41.2 Å². The third-order valence-electron chi connectivity index (χ3n) is 5.72. The molecule has 0 saturated heterocycles. The second kappa shape index (κ2) is 8.23. The van der Waals surface area contributed by atoms with Crippen molar-refractivity contribution in [1.82, 2.24) is 15.0 Å². The third-order valence-corrected chi connectivity index (χ3v) is 5.72. The highest BCUT2D eigenvalue weighted by Crippen LogP contribution is 2.35. The Morgan fingerprint density at radius 3 is 2.38 bits per heavy atom. The number of hydrazone groups is 1. The molecular formula is C26H22N4O2. The second-order valence-electron chi connectivity index (χ2n) is 7.82. The molecule has 1 atom stereocenters. The average molecular weight is 422 g/mol. The summed E-state index contributed by atoms with van der Waals surface area (Å²) in [6, 6.07) is 21.2. The number of methoxy groups -OCH3 is 1. The molecule has 1 aliphatic heterocycles. The van der Waals surface area contributed by atoms with Crippen molar-refractivity contribution < 1.29 is 9.53 Å². The Balaban J connectivity index is 1.54. The molecule has 1 unspecified atom stereocenters. The van der Waals surface area contributed by atoms with Gasteiger partial charge in [-0.1, -0.05) is 42.0 Å². The summed E-state index contributed by atoms with van der Waals surface area (Å²) in [6.07, 6.45) is 3.90. The SMILES string of the molecule is COc1ccc(C2CC(c3ccc(C)cc3)=NN2C(=O)c2ccc3nccnc3c2)cc1. The number of hydrogen-bond acceptors (Lipinski definition) is 5. The summed E-state index contributed by atoms with van der Waals surface area (Å²) in [7, 11) is 1.64. The van der Waals surface area contributed by atoms with Crippen LogP contribution < -0.4 is 4.74 Å². The average Bonchev–Trinajstić information content (AvgIpc) is 3.29. The van der Waals surface area contributed by atoms with Crippen molar-refractivity contribution in [2.24, 2.45) is 5.10 Å². The van der Waals surface area contributed by atoms with Gasteiger partial charge in [-0.25, -0.2) is 5.01 Å². The van der Waals surface area contributed by atoms with Crippen molar-refractivity contribution in [2.45, 2.75) is 19.4 Å². The van der Waals surface area contributed by atoms with Crippen LogP contribution in [-0.2, 0) is 0 Å². The smallest absolute Gasteiger partial charge is 0.274 e. The molecule has 4 aromatic rings. The van der Waals surface area contributed by atoms with E-state index in [-0.39, 0.29) is 11.9 Å². The molecule has 1 amide bonds. The molecule has 5 rings (SSSR count). The van der Waals surface area contributed by atoms with Gasteiger partial charge in [-0.05, 0) is 48.4 Å². The number of carbonyl (C=O) groups is 1. The maximum atomic E-state index is 13.6. The monoisotopic (exact) mass is 422 g/mol. The quantitative estimate of drug-likeness (QED) is 0.467. The Labute approximate surface area is 186 Å². The first-order valence-corrected chi connectivity index (χ1v) is 10.5. The number of carbonyl (C=O) groups excluding carboxylic acids is 1. The van der Waals surface area contributed by atoms with Gasteiger partial charge in [0.2, 0.25) is 0 Å². The molecule has 3 aromatic carbocycles. The Bertz CT molecular complexity index is 1310. The molecule has 0 N–H and O–H groups in total. The fraction of sp³-hybridized carbons (Fsp3) is 0.154. The predicted octanol–water partition coefficient (Wildman–Crippen LogP) is 4.94. The van der Waals surface area contributed by atoms with Crippen LogP contribution >= 0.6 is 0 Å². The molecule has 2 heterocycles. The Morgan fingerprint density at radius 2 is 1.66 bits per heavy atom. The standard InChI is InChI=1S/C26H22N4O2/c1-17-3-5-18(6-4-17)23-16-25(19-7-10-21(32-2)11-8-19)30(29-23)26(31)20-9-12-22-24(15-20)28-14-13-27-22/h3-15,25H,16H2,1-2H3. The zero-order valence-corrected chi connectivity index (χ0v) is 17.9. The highest BCUT2D eigenvalue weighted by atomic mass is 16.5. The number of amides is 1. The van der Waals surface area contributed by atoms with Gasteiger partial charge >= 0.3 is 0 Å². The second-order valence-corrected chi connectivity index (χ2v) is 7.82. The largest absolute Gasteiger partial charge is 0.497 e. The van der Waals surface area contributed by atoms with Gasteiger partial charge < -0.3 is 4.74 Å². The minimum Gasteiger partial charge on any atom is -0.497 e. The lowest BCUT2D eigenvalue weighted by atomic mass is 9.97. The number of fused-ring (bicyclic) bond motifs is 1. The Hall–Kier alpha value is -4.06. The normalized spacial score (nSPS) is 15.6. The number of ether oxygens (including phenoxy) is 1. The van der Waals surface area contributed by atoms with E-state index >= 15 is 0 Å². The van der Waals surface area contributed by atoms with Crippen LogP contribution in [0.4, 0.5) is 0 Å². The van der Waals surface area contributed by atoms with Crippen molar-refractivity contribution in [3.8, 4) is 5.75 Å². The van der Waals surface area contributed by atoms with Gasteiger partial charge in [-0.3, -0.25) is 14.8 Å². The summed E-state index contributed by atoms with van der Waals surface area (Å²) in [4.78, 5) is 22.2. The molecular weight excluding hydrogens is 400 g/mol. The summed E-state index contributed by atoms with van der Waals surface area (Å²) in [6.45, 7) is 2.05. The summed E-state index contributed by atoms with van der Waals surface area (Å²) in [5.41, 5.74) is 6.07. The molecule has 0 saturated carbocycles. The van der Waals surface area contributed by atoms with E-state index in [0.717, 1.165) is 28.1 Å². The first-order valence-electron chi connectivity index (χ1n) is 10.5. The Kier molecular flexibility index (Phi) is 5.11. The molecule has 158 valence electrons. The number of aryl methyl sites for hydroxylation is 1. The van der Waals surface area contributed by atoms with Gasteiger partial charge in [0.05, 0.1) is 29.9 Å². The Morgan fingerprint density at radius 1 is 0.938 bits per heavy atom. The highest BCUT2D eigenvalue weighted by Gasteiger charge is 2.33. The van der Waals surface area contributed by atoms with Crippen molar-refractivity contribution in [1.29, 1.82) is 0 Å². The van der Waals surface area contributed by atoms with E-state index in [4.69, 9.17) is 9.84 Å². The van der Waals surface area contributed by atoms with Crippen molar-refractivity contribution in [3.05, 3.63) is 101 Å². The first-order chi connectivity index (χ1) is 15.6. The number of benzene rings is 3. The number of rotatable bonds is 4. The van der Waals surface area contributed by atoms with Crippen LogP contribution in [-0.4, -0.2) is 33.7 Å². The van der Waals surface area contributed by atoms with E-state index in [1.54, 1.807) is 36.6 Å². The number of hydrogen-bond donors (Lipinski definition) is 0. The van der Waals surface area contributed by atoms with E-state index in [0.29, 0.717) is 17.5 Å². The van der Waals surface area contributed by atoms with E-state index in [9.17, 15) is 4.79 Å². The minimum atomic E-state index is -0.206. The zero-order valence-electron chi connectivity index (χ0n) is 17.9. The van der Waals surface area contributed by atoms with Gasteiger partial charge in [-0.15, -0.1) is 0 Å². The molecule has 0 bridgehead atoms. The molecule has 0 spiro atoms. The molecule has 0 fully saturated rings. The molecule has 32 heavy (non-hydrogen) atoms. The van der Waals surface area contributed by atoms with Crippen LogP contribution in [0.25, 0.3) is 11.0 Å². The van der Waals surface area contributed by atoms with Gasteiger partial charge in [0, 0.05) is 24.4 Å². The minimum absolute atomic E-state index is 0.166. The van der Waals surface area contributed by atoms with Gasteiger partial charge in [0.25, 0.3) is 5.91 Å². The summed E-state index contributed by atoms with van der Waals surface area (Å²) >= 11 is 0. The fourth-order valence-electron chi connectivity index (χ4n) is 3.93. The number of nitrogens with zero attached hydrogens (tertiary/aromatic N) is 4. The van der Waals surface area contributed by atoms with Crippen LogP contribution in [0.3, 0.4) is 0 Å².